The minimum Gasteiger partial charge on any atom is -0.611 e. The minimum absolute atomic E-state index is 0.507. The van der Waals surface area contributed by atoms with Crippen molar-refractivity contribution in [3.05, 3.63) is 71.8 Å². The second kappa shape index (κ2) is 5.51. The highest BCUT2D eigenvalue weighted by atomic mass is 32.2. The maximum atomic E-state index is 12.4. The zero-order valence-electron chi connectivity index (χ0n) is 10.4. The summed E-state index contributed by atoms with van der Waals surface area (Å²) in [4.78, 5) is 0.804. The molecular formula is C16H14O2S. The topological polar surface area (TPSA) is 32.3 Å². The monoisotopic (exact) mass is 270 g/mol. The van der Waals surface area contributed by atoms with E-state index in [-0.39, 0.29) is 0 Å². The van der Waals surface area contributed by atoms with E-state index in [1.54, 1.807) is 0 Å². The number of rotatable bonds is 2. The van der Waals surface area contributed by atoms with Crippen LogP contribution in [0.2, 0.25) is 0 Å². The molecule has 0 spiro atoms. The molecule has 1 aliphatic rings. The van der Waals surface area contributed by atoms with Crippen molar-refractivity contribution in [2.45, 2.75) is 0 Å². The fourth-order valence-corrected chi connectivity index (χ4v) is 3.37. The van der Waals surface area contributed by atoms with Crippen LogP contribution in [0.15, 0.2) is 60.7 Å². The summed E-state index contributed by atoms with van der Waals surface area (Å²) in [6.07, 6.45) is 0. The van der Waals surface area contributed by atoms with E-state index >= 15 is 0 Å². The van der Waals surface area contributed by atoms with Gasteiger partial charge in [0.05, 0.1) is 0 Å². The Bertz CT molecular complexity index is 578. The predicted octanol–water partition coefficient (Wildman–Crippen LogP) is 3.29. The maximum Gasteiger partial charge on any atom is 0.202 e. The molecule has 2 nitrogen and oxygen atoms in total. The molecule has 3 heteroatoms. The van der Waals surface area contributed by atoms with Crippen molar-refractivity contribution in [2.75, 3.05) is 12.4 Å². The third kappa shape index (κ3) is 2.53. The van der Waals surface area contributed by atoms with Gasteiger partial charge < -0.3 is 9.29 Å². The molecule has 0 aliphatic carbocycles. The molecule has 1 unspecified atom stereocenters. The molecule has 2 aromatic rings. The van der Waals surface area contributed by atoms with Gasteiger partial charge in [-0.05, 0) is 23.3 Å². The Labute approximate surface area is 115 Å². The summed E-state index contributed by atoms with van der Waals surface area (Å²) in [5.41, 5.74) is 1.95. The molecule has 0 saturated carbocycles. The van der Waals surface area contributed by atoms with Crippen LogP contribution in [0.5, 0.6) is 0 Å². The first-order valence-corrected chi connectivity index (χ1v) is 7.54. The van der Waals surface area contributed by atoms with Crippen LogP contribution in [-0.2, 0) is 15.9 Å². The van der Waals surface area contributed by atoms with Gasteiger partial charge in [-0.1, -0.05) is 48.5 Å². The Kier molecular flexibility index (Phi) is 3.58. The summed E-state index contributed by atoms with van der Waals surface area (Å²) in [6, 6.07) is 19.7. The van der Waals surface area contributed by atoms with Crippen molar-refractivity contribution >= 4 is 21.8 Å². The van der Waals surface area contributed by atoms with Gasteiger partial charge in [-0.2, -0.15) is 0 Å². The average molecular weight is 270 g/mol. The standard InChI is InChI=1S/C16H14O2S/c17-19-12-11-18-15(13-7-3-1-4-8-13)16(19)14-9-5-2-6-10-14/h1-10H,11-12H2. The predicted molar refractivity (Wildman–Crippen MR) is 78.7 cm³/mol. The van der Waals surface area contributed by atoms with Crippen molar-refractivity contribution in [1.82, 2.24) is 0 Å². The molecule has 0 radical (unpaired) electrons. The lowest BCUT2D eigenvalue weighted by Crippen LogP contribution is -2.20. The highest BCUT2D eigenvalue weighted by Gasteiger charge is 2.29. The maximum absolute atomic E-state index is 12.4. The lowest BCUT2D eigenvalue weighted by atomic mass is 10.1. The highest BCUT2D eigenvalue weighted by Crippen LogP contribution is 2.34. The number of hydrogen-bond acceptors (Lipinski definition) is 2. The van der Waals surface area contributed by atoms with E-state index in [1.165, 1.54) is 0 Å². The first kappa shape index (κ1) is 12.3. The third-order valence-corrected chi connectivity index (χ3v) is 4.43. The fourth-order valence-electron chi connectivity index (χ4n) is 2.15. The zero-order valence-corrected chi connectivity index (χ0v) is 11.2. The number of hydrogen-bond donors (Lipinski definition) is 0. The zero-order chi connectivity index (χ0) is 13.1. The summed E-state index contributed by atoms with van der Waals surface area (Å²) in [5.74, 6) is 1.30. The molecule has 0 aromatic heterocycles. The van der Waals surface area contributed by atoms with E-state index in [4.69, 9.17) is 4.74 Å². The van der Waals surface area contributed by atoms with Crippen molar-refractivity contribution < 1.29 is 9.29 Å². The van der Waals surface area contributed by atoms with Crippen molar-refractivity contribution in [3.63, 3.8) is 0 Å². The molecule has 1 aliphatic heterocycles. The van der Waals surface area contributed by atoms with Crippen LogP contribution in [-0.4, -0.2) is 16.9 Å². The summed E-state index contributed by atoms with van der Waals surface area (Å²) in [7, 11) is 0. The van der Waals surface area contributed by atoms with Gasteiger partial charge in [0.25, 0.3) is 0 Å². The summed E-state index contributed by atoms with van der Waals surface area (Å²) < 4.78 is 18.1. The normalized spacial score (nSPS) is 19.1. The van der Waals surface area contributed by atoms with Gasteiger partial charge in [0.1, 0.15) is 12.4 Å². The molecule has 0 bridgehead atoms. The molecule has 19 heavy (non-hydrogen) atoms. The quantitative estimate of drug-likeness (QED) is 0.784. The van der Waals surface area contributed by atoms with Gasteiger partial charge in [0.15, 0.2) is 5.76 Å². The van der Waals surface area contributed by atoms with Gasteiger partial charge >= 0.3 is 0 Å². The van der Waals surface area contributed by atoms with Crippen LogP contribution in [0.4, 0.5) is 0 Å². The SMILES string of the molecule is [O-][S+]1CCOC(c2ccccc2)=C1c1ccccc1. The van der Waals surface area contributed by atoms with Gasteiger partial charge in [-0.15, -0.1) is 0 Å². The van der Waals surface area contributed by atoms with E-state index in [2.05, 4.69) is 0 Å². The Morgan fingerprint density at radius 3 is 2.05 bits per heavy atom. The molecule has 0 saturated heterocycles. The average Bonchev–Trinajstić information content (AvgIpc) is 2.49. The first-order chi connectivity index (χ1) is 9.36. The fraction of sp³-hybridized carbons (Fsp3) is 0.125. The van der Waals surface area contributed by atoms with Crippen LogP contribution in [0.1, 0.15) is 11.1 Å². The lowest BCUT2D eigenvalue weighted by Gasteiger charge is -2.23. The van der Waals surface area contributed by atoms with Crippen molar-refractivity contribution in [2.24, 2.45) is 0 Å². The summed E-state index contributed by atoms with van der Waals surface area (Å²) in [5, 5.41) is 0. The van der Waals surface area contributed by atoms with Crippen LogP contribution in [0.25, 0.3) is 10.7 Å². The van der Waals surface area contributed by atoms with Crippen molar-refractivity contribution in [1.29, 1.82) is 0 Å². The van der Waals surface area contributed by atoms with Crippen LogP contribution in [0, 0.1) is 0 Å². The molecule has 2 aromatic carbocycles. The van der Waals surface area contributed by atoms with Crippen LogP contribution >= 0.6 is 0 Å². The highest BCUT2D eigenvalue weighted by molar-refractivity contribution is 8.00. The van der Waals surface area contributed by atoms with Crippen LogP contribution < -0.4 is 0 Å². The molecule has 0 fully saturated rings. The summed E-state index contributed by atoms with van der Waals surface area (Å²) in [6.45, 7) is 0.507. The number of ether oxygens (including phenoxy) is 1. The first-order valence-electron chi connectivity index (χ1n) is 6.22. The second-order valence-electron chi connectivity index (χ2n) is 4.29. The number of benzene rings is 2. The van der Waals surface area contributed by atoms with Crippen LogP contribution in [0.3, 0.4) is 0 Å². The Balaban J connectivity index is 2.15. The lowest BCUT2D eigenvalue weighted by molar-refractivity contribution is 0.297. The molecule has 0 N–H and O–H groups in total. The Hall–Kier alpha value is -1.71. The van der Waals surface area contributed by atoms with Gasteiger partial charge in [-0.3, -0.25) is 0 Å². The van der Waals surface area contributed by atoms with E-state index in [0.717, 1.165) is 21.8 Å². The van der Waals surface area contributed by atoms with Gasteiger partial charge in [0, 0.05) is 11.1 Å². The second-order valence-corrected chi connectivity index (χ2v) is 5.80. The van der Waals surface area contributed by atoms with Crippen molar-refractivity contribution in [3.8, 4) is 0 Å². The molecule has 3 rings (SSSR count). The van der Waals surface area contributed by atoms with E-state index in [9.17, 15) is 4.55 Å². The molecular weight excluding hydrogens is 256 g/mol. The van der Waals surface area contributed by atoms with E-state index < -0.39 is 11.2 Å². The molecule has 0 amide bonds. The summed E-state index contributed by atoms with van der Waals surface area (Å²) >= 11 is -1.00. The Morgan fingerprint density at radius 1 is 0.842 bits per heavy atom. The largest absolute Gasteiger partial charge is 0.611 e. The van der Waals surface area contributed by atoms with Gasteiger partial charge in [0.2, 0.25) is 4.91 Å². The molecule has 1 atom stereocenters. The smallest absolute Gasteiger partial charge is 0.202 e. The van der Waals surface area contributed by atoms with E-state index in [1.807, 2.05) is 60.7 Å². The molecule has 1 heterocycles. The van der Waals surface area contributed by atoms with E-state index in [0.29, 0.717) is 12.4 Å². The third-order valence-electron chi connectivity index (χ3n) is 3.02. The Morgan fingerprint density at radius 2 is 1.42 bits per heavy atom. The van der Waals surface area contributed by atoms with Gasteiger partial charge in [-0.25, -0.2) is 0 Å². The minimum atomic E-state index is -1.00. The molecule has 96 valence electrons.